The van der Waals surface area contributed by atoms with Crippen LogP contribution in [0.3, 0.4) is 0 Å². The highest BCUT2D eigenvalue weighted by atomic mass is 127. The first-order valence-corrected chi connectivity index (χ1v) is 8.42. The van der Waals surface area contributed by atoms with Crippen LogP contribution in [-0.2, 0) is 13.1 Å². The van der Waals surface area contributed by atoms with E-state index < -0.39 is 6.61 Å². The van der Waals surface area contributed by atoms with Gasteiger partial charge < -0.3 is 20.1 Å². The Balaban J connectivity index is 0.00000392. The summed E-state index contributed by atoms with van der Waals surface area (Å²) in [7, 11) is 1.56. The molecule has 2 rings (SSSR count). The number of hydrogen-bond donors (Lipinski definition) is 2. The molecule has 0 spiro atoms. The molecule has 154 valence electrons. The first-order chi connectivity index (χ1) is 13.0. The monoisotopic (exact) mass is 509 g/mol. The van der Waals surface area contributed by atoms with E-state index in [0.717, 1.165) is 0 Å². The maximum absolute atomic E-state index is 13.7. The molecule has 0 saturated carbocycles. The Hall–Kier alpha value is -2.17. The molecule has 0 fully saturated rings. The van der Waals surface area contributed by atoms with Crippen molar-refractivity contribution < 1.29 is 22.6 Å². The van der Waals surface area contributed by atoms with Crippen molar-refractivity contribution in [3.8, 4) is 11.5 Å². The third-order valence-electron chi connectivity index (χ3n) is 3.64. The Kier molecular flexibility index (Phi) is 10.5. The van der Waals surface area contributed by atoms with Crippen LogP contribution in [0.25, 0.3) is 0 Å². The fourth-order valence-electron chi connectivity index (χ4n) is 2.41. The number of hydrogen-bond acceptors (Lipinski definition) is 3. The smallest absolute Gasteiger partial charge is 0.387 e. The molecule has 0 bridgehead atoms. The number of rotatable bonds is 8. The summed E-state index contributed by atoms with van der Waals surface area (Å²) >= 11 is 0. The fraction of sp³-hybridized carbons (Fsp3) is 0.316. The predicted molar refractivity (Wildman–Crippen MR) is 113 cm³/mol. The number of halogens is 4. The lowest BCUT2D eigenvalue weighted by Gasteiger charge is -2.17. The van der Waals surface area contributed by atoms with Crippen LogP contribution < -0.4 is 20.1 Å². The minimum absolute atomic E-state index is 0. The van der Waals surface area contributed by atoms with Gasteiger partial charge in [-0.2, -0.15) is 8.78 Å². The molecule has 0 saturated heterocycles. The standard InChI is InChI=1S/C19H22F3N3O2.HI/c1-3-26-16-10-6-8-14(17(16)27-18(21)22)12-25-19(23-2)24-11-13-7-4-5-9-15(13)20;/h4-10,18H,3,11-12H2,1-2H3,(H2,23,24,25);1H. The number of aliphatic imine (C=N–C) groups is 1. The normalized spacial score (nSPS) is 11.0. The molecular formula is C19H23F3IN3O2. The number of nitrogens with one attached hydrogen (secondary N) is 2. The zero-order valence-corrected chi connectivity index (χ0v) is 17.9. The van der Waals surface area contributed by atoms with E-state index in [9.17, 15) is 13.2 Å². The van der Waals surface area contributed by atoms with Gasteiger partial charge in [-0.15, -0.1) is 24.0 Å². The van der Waals surface area contributed by atoms with E-state index in [1.54, 1.807) is 50.4 Å². The summed E-state index contributed by atoms with van der Waals surface area (Å²) in [6.45, 7) is -0.497. The molecule has 0 unspecified atom stereocenters. The number of benzene rings is 2. The third-order valence-corrected chi connectivity index (χ3v) is 3.64. The van der Waals surface area contributed by atoms with Crippen LogP contribution in [0.2, 0.25) is 0 Å². The molecule has 9 heteroatoms. The highest BCUT2D eigenvalue weighted by Gasteiger charge is 2.16. The quantitative estimate of drug-likeness (QED) is 0.317. The van der Waals surface area contributed by atoms with Gasteiger partial charge in [-0.3, -0.25) is 4.99 Å². The molecule has 0 aromatic heterocycles. The van der Waals surface area contributed by atoms with Crippen LogP contribution in [0.4, 0.5) is 13.2 Å². The first-order valence-electron chi connectivity index (χ1n) is 8.42. The van der Waals surface area contributed by atoms with Gasteiger partial charge in [0.05, 0.1) is 6.61 Å². The van der Waals surface area contributed by atoms with Gasteiger partial charge in [0.1, 0.15) is 5.82 Å². The lowest BCUT2D eigenvalue weighted by atomic mass is 10.2. The van der Waals surface area contributed by atoms with E-state index in [1.807, 2.05) is 0 Å². The molecule has 0 atom stereocenters. The van der Waals surface area contributed by atoms with Crippen molar-refractivity contribution in [2.75, 3.05) is 13.7 Å². The second-order valence-electron chi connectivity index (χ2n) is 5.43. The average Bonchev–Trinajstić information content (AvgIpc) is 2.65. The summed E-state index contributed by atoms with van der Waals surface area (Å²) in [6.07, 6.45) is 0. The average molecular weight is 509 g/mol. The van der Waals surface area contributed by atoms with Gasteiger partial charge in [0, 0.05) is 31.3 Å². The lowest BCUT2D eigenvalue weighted by Crippen LogP contribution is -2.36. The number of guanidine groups is 1. The maximum atomic E-state index is 13.7. The van der Waals surface area contributed by atoms with Crippen molar-refractivity contribution in [1.29, 1.82) is 0 Å². The van der Waals surface area contributed by atoms with Crippen LogP contribution in [0.1, 0.15) is 18.1 Å². The van der Waals surface area contributed by atoms with E-state index in [0.29, 0.717) is 23.7 Å². The van der Waals surface area contributed by atoms with Gasteiger partial charge >= 0.3 is 6.61 Å². The van der Waals surface area contributed by atoms with Crippen LogP contribution in [-0.4, -0.2) is 26.2 Å². The SMILES string of the molecule is CCOc1cccc(CNC(=NC)NCc2ccccc2F)c1OC(F)F.I. The highest BCUT2D eigenvalue weighted by Crippen LogP contribution is 2.32. The van der Waals surface area contributed by atoms with Gasteiger partial charge in [-0.1, -0.05) is 30.3 Å². The second-order valence-corrected chi connectivity index (χ2v) is 5.43. The molecule has 0 heterocycles. The topological polar surface area (TPSA) is 54.9 Å². The molecule has 2 aromatic rings. The summed E-state index contributed by atoms with van der Waals surface area (Å²) < 4.78 is 49.2. The van der Waals surface area contributed by atoms with Gasteiger partial charge in [-0.25, -0.2) is 4.39 Å². The molecule has 0 aliphatic carbocycles. The van der Waals surface area contributed by atoms with Gasteiger partial charge in [0.2, 0.25) is 0 Å². The molecule has 0 aliphatic rings. The van der Waals surface area contributed by atoms with Crippen molar-refractivity contribution in [1.82, 2.24) is 10.6 Å². The Labute approximate surface area is 179 Å². The Bertz CT molecular complexity index is 776. The third kappa shape index (κ3) is 7.10. The van der Waals surface area contributed by atoms with Gasteiger partial charge in [-0.05, 0) is 19.1 Å². The van der Waals surface area contributed by atoms with Gasteiger partial charge in [0.15, 0.2) is 17.5 Å². The molecule has 0 radical (unpaired) electrons. The molecular weight excluding hydrogens is 486 g/mol. The Morgan fingerprint density at radius 2 is 1.68 bits per heavy atom. The van der Waals surface area contributed by atoms with E-state index >= 15 is 0 Å². The fourth-order valence-corrected chi connectivity index (χ4v) is 2.41. The first kappa shape index (κ1) is 23.9. The summed E-state index contributed by atoms with van der Waals surface area (Å²) in [5, 5.41) is 5.97. The maximum Gasteiger partial charge on any atom is 0.387 e. The summed E-state index contributed by atoms with van der Waals surface area (Å²) in [4.78, 5) is 4.05. The molecule has 0 amide bonds. The highest BCUT2D eigenvalue weighted by molar-refractivity contribution is 14.0. The van der Waals surface area contributed by atoms with Gasteiger partial charge in [0.25, 0.3) is 0 Å². The Morgan fingerprint density at radius 1 is 1.04 bits per heavy atom. The Morgan fingerprint density at radius 3 is 2.29 bits per heavy atom. The molecule has 0 aliphatic heterocycles. The van der Waals surface area contributed by atoms with E-state index in [-0.39, 0.29) is 54.4 Å². The summed E-state index contributed by atoms with van der Waals surface area (Å²) in [5.41, 5.74) is 0.968. The molecule has 2 N–H and O–H groups in total. The molecule has 28 heavy (non-hydrogen) atoms. The number of nitrogens with zero attached hydrogens (tertiary/aromatic N) is 1. The van der Waals surface area contributed by atoms with Crippen LogP contribution in [0.15, 0.2) is 47.5 Å². The van der Waals surface area contributed by atoms with Crippen molar-refractivity contribution in [2.45, 2.75) is 26.6 Å². The summed E-state index contributed by atoms with van der Waals surface area (Å²) in [5.74, 6) is 0.290. The van der Waals surface area contributed by atoms with Crippen LogP contribution >= 0.6 is 24.0 Å². The number of alkyl halides is 2. The molecule has 5 nitrogen and oxygen atoms in total. The minimum Gasteiger partial charge on any atom is -0.490 e. The van der Waals surface area contributed by atoms with Crippen LogP contribution in [0.5, 0.6) is 11.5 Å². The van der Waals surface area contributed by atoms with E-state index in [1.165, 1.54) is 6.07 Å². The van der Waals surface area contributed by atoms with Crippen molar-refractivity contribution in [3.63, 3.8) is 0 Å². The number of ether oxygens (including phenoxy) is 2. The van der Waals surface area contributed by atoms with Crippen molar-refractivity contribution in [2.24, 2.45) is 4.99 Å². The number of para-hydroxylation sites is 1. The van der Waals surface area contributed by atoms with Crippen LogP contribution in [0, 0.1) is 5.82 Å². The largest absolute Gasteiger partial charge is 0.490 e. The van der Waals surface area contributed by atoms with Crippen molar-refractivity contribution >= 4 is 29.9 Å². The minimum atomic E-state index is -2.97. The van der Waals surface area contributed by atoms with Crippen molar-refractivity contribution in [3.05, 3.63) is 59.4 Å². The zero-order chi connectivity index (χ0) is 19.6. The van der Waals surface area contributed by atoms with E-state index in [4.69, 9.17) is 4.74 Å². The zero-order valence-electron chi connectivity index (χ0n) is 15.5. The van der Waals surface area contributed by atoms with E-state index in [2.05, 4.69) is 20.4 Å². The summed E-state index contributed by atoms with van der Waals surface area (Å²) in [6, 6.07) is 11.3. The molecule has 2 aromatic carbocycles. The second kappa shape index (κ2) is 12.3. The predicted octanol–water partition coefficient (Wildman–Crippen LogP) is 4.31. The lowest BCUT2D eigenvalue weighted by molar-refractivity contribution is -0.0520.